The van der Waals surface area contributed by atoms with Crippen molar-refractivity contribution in [3.63, 3.8) is 0 Å². The number of rotatable bonds is 5. The van der Waals surface area contributed by atoms with Gasteiger partial charge in [0.15, 0.2) is 4.32 Å². The summed E-state index contributed by atoms with van der Waals surface area (Å²) in [4.78, 5) is 14.8. The second-order valence-electron chi connectivity index (χ2n) is 5.84. The topological polar surface area (TPSA) is 20.3 Å². The van der Waals surface area contributed by atoms with E-state index in [0.29, 0.717) is 9.23 Å². The van der Waals surface area contributed by atoms with Gasteiger partial charge < -0.3 is 0 Å². The summed E-state index contributed by atoms with van der Waals surface area (Å²) in [6.07, 6.45) is 5.10. The summed E-state index contributed by atoms with van der Waals surface area (Å²) in [5.41, 5.74) is 2.82. The molecular formula is C20H18FNOS2. The molecule has 0 N–H and O–H groups in total. The molecule has 2 aromatic rings. The monoisotopic (exact) mass is 371 g/mol. The molecule has 1 aliphatic heterocycles. The minimum absolute atomic E-state index is 0.138. The lowest BCUT2D eigenvalue weighted by Crippen LogP contribution is -2.27. The number of benzene rings is 2. The molecule has 2 aromatic carbocycles. The average Bonchev–Trinajstić information content (AvgIpc) is 2.89. The molecule has 1 heterocycles. The number of anilines is 1. The van der Waals surface area contributed by atoms with Gasteiger partial charge in [-0.25, -0.2) is 4.39 Å². The van der Waals surface area contributed by atoms with Crippen molar-refractivity contribution in [3.8, 4) is 0 Å². The van der Waals surface area contributed by atoms with Crippen LogP contribution in [-0.4, -0.2) is 10.2 Å². The Bertz CT molecular complexity index is 813. The number of nitrogens with zero attached hydrogens (tertiary/aromatic N) is 1. The van der Waals surface area contributed by atoms with Crippen LogP contribution in [0.1, 0.15) is 30.9 Å². The van der Waals surface area contributed by atoms with E-state index in [-0.39, 0.29) is 11.7 Å². The normalized spacial score (nSPS) is 16.1. The van der Waals surface area contributed by atoms with Crippen molar-refractivity contribution in [1.29, 1.82) is 0 Å². The summed E-state index contributed by atoms with van der Waals surface area (Å²) in [5, 5.41) is 0. The molecule has 128 valence electrons. The zero-order chi connectivity index (χ0) is 17.8. The fourth-order valence-electron chi connectivity index (χ4n) is 2.59. The van der Waals surface area contributed by atoms with Gasteiger partial charge in [-0.2, -0.15) is 0 Å². The van der Waals surface area contributed by atoms with E-state index in [1.54, 1.807) is 23.1 Å². The smallest absolute Gasteiger partial charge is 0.268 e. The highest BCUT2D eigenvalue weighted by molar-refractivity contribution is 8.27. The van der Waals surface area contributed by atoms with Crippen LogP contribution in [0.5, 0.6) is 0 Å². The third-order valence-electron chi connectivity index (χ3n) is 3.98. The van der Waals surface area contributed by atoms with Crippen LogP contribution < -0.4 is 4.90 Å². The highest BCUT2D eigenvalue weighted by Gasteiger charge is 2.33. The third-order valence-corrected chi connectivity index (χ3v) is 5.28. The molecule has 0 spiro atoms. The van der Waals surface area contributed by atoms with Gasteiger partial charge in [-0.05, 0) is 54.3 Å². The summed E-state index contributed by atoms with van der Waals surface area (Å²) in [5.74, 6) is -0.437. The van der Waals surface area contributed by atoms with E-state index in [0.717, 1.165) is 30.5 Å². The molecule has 1 fully saturated rings. The number of carbonyl (C=O) groups excluding carboxylic acids is 1. The van der Waals surface area contributed by atoms with E-state index in [1.165, 1.54) is 29.5 Å². The summed E-state index contributed by atoms with van der Waals surface area (Å²) in [7, 11) is 0. The standard InChI is InChI=1S/C20H18FNOS2/c1-2-3-4-14-7-11-17(12-8-14)22-19(23)18(25-20(22)24)13-15-5-9-16(21)10-6-15/h5-13H,2-4H2,1H3. The molecule has 5 heteroatoms. The minimum atomic E-state index is -0.298. The maximum Gasteiger partial charge on any atom is 0.270 e. The molecule has 0 atom stereocenters. The summed E-state index contributed by atoms with van der Waals surface area (Å²) < 4.78 is 13.5. The fraction of sp³-hybridized carbons (Fsp3) is 0.200. The Hall–Kier alpha value is -1.98. The van der Waals surface area contributed by atoms with Crippen LogP contribution >= 0.6 is 24.0 Å². The van der Waals surface area contributed by atoms with Crippen LogP contribution in [0.3, 0.4) is 0 Å². The molecule has 0 bridgehead atoms. The fourth-order valence-corrected chi connectivity index (χ4v) is 3.89. The largest absolute Gasteiger partial charge is 0.270 e. The Morgan fingerprint density at radius 1 is 1.12 bits per heavy atom. The van der Waals surface area contributed by atoms with Crippen molar-refractivity contribution in [3.05, 3.63) is 70.4 Å². The van der Waals surface area contributed by atoms with Crippen LogP contribution in [-0.2, 0) is 11.2 Å². The first-order valence-corrected chi connectivity index (χ1v) is 9.43. The molecule has 1 amide bonds. The first kappa shape index (κ1) is 17.8. The number of aryl methyl sites for hydroxylation is 1. The van der Waals surface area contributed by atoms with Crippen LogP contribution in [0, 0.1) is 5.82 Å². The highest BCUT2D eigenvalue weighted by Crippen LogP contribution is 2.36. The minimum Gasteiger partial charge on any atom is -0.268 e. The Balaban J connectivity index is 1.80. The van der Waals surface area contributed by atoms with Gasteiger partial charge in [0.1, 0.15) is 5.82 Å². The van der Waals surface area contributed by atoms with Crippen molar-refractivity contribution in [2.75, 3.05) is 4.90 Å². The number of unbranched alkanes of at least 4 members (excludes halogenated alkanes) is 1. The Morgan fingerprint density at radius 2 is 1.80 bits per heavy atom. The third kappa shape index (κ3) is 4.17. The lowest BCUT2D eigenvalue weighted by molar-refractivity contribution is -0.113. The first-order valence-electron chi connectivity index (χ1n) is 8.21. The number of halogens is 1. The molecule has 1 saturated heterocycles. The van der Waals surface area contributed by atoms with E-state index in [1.807, 2.05) is 24.3 Å². The second-order valence-corrected chi connectivity index (χ2v) is 7.51. The molecule has 1 aliphatic rings. The highest BCUT2D eigenvalue weighted by atomic mass is 32.2. The molecule has 0 aliphatic carbocycles. The SMILES string of the molecule is CCCCc1ccc(N2C(=O)C(=Cc3ccc(F)cc3)SC2=S)cc1. The predicted octanol–water partition coefficient (Wildman–Crippen LogP) is 5.57. The number of carbonyl (C=O) groups is 1. The molecule has 25 heavy (non-hydrogen) atoms. The Labute approximate surface area is 156 Å². The first-order chi connectivity index (χ1) is 12.1. The average molecular weight is 372 g/mol. The zero-order valence-corrected chi connectivity index (χ0v) is 15.5. The number of thiocarbonyl (C=S) groups is 1. The van der Waals surface area contributed by atoms with Crippen molar-refractivity contribution in [2.45, 2.75) is 26.2 Å². The van der Waals surface area contributed by atoms with Gasteiger partial charge in [0.25, 0.3) is 5.91 Å². The van der Waals surface area contributed by atoms with Crippen LogP contribution in [0.4, 0.5) is 10.1 Å². The van der Waals surface area contributed by atoms with Gasteiger partial charge in [0.2, 0.25) is 0 Å². The van der Waals surface area contributed by atoms with Crippen LogP contribution in [0.25, 0.3) is 6.08 Å². The van der Waals surface area contributed by atoms with E-state index in [2.05, 4.69) is 6.92 Å². The molecular weight excluding hydrogens is 353 g/mol. The molecule has 0 unspecified atom stereocenters. The maximum absolute atomic E-state index is 13.0. The number of thioether (sulfide) groups is 1. The van der Waals surface area contributed by atoms with Crippen molar-refractivity contribution >= 4 is 46.0 Å². The Morgan fingerprint density at radius 3 is 2.44 bits per heavy atom. The molecule has 3 rings (SSSR count). The van der Waals surface area contributed by atoms with Gasteiger partial charge in [-0.1, -0.05) is 61.6 Å². The van der Waals surface area contributed by atoms with Gasteiger partial charge in [-0.3, -0.25) is 9.69 Å². The van der Waals surface area contributed by atoms with Gasteiger partial charge >= 0.3 is 0 Å². The maximum atomic E-state index is 13.0. The summed E-state index contributed by atoms with van der Waals surface area (Å²) >= 11 is 6.65. The lowest BCUT2D eigenvalue weighted by Gasteiger charge is -2.15. The summed E-state index contributed by atoms with van der Waals surface area (Å²) in [6.45, 7) is 2.17. The van der Waals surface area contributed by atoms with E-state index >= 15 is 0 Å². The van der Waals surface area contributed by atoms with E-state index < -0.39 is 0 Å². The quantitative estimate of drug-likeness (QED) is 0.506. The summed E-state index contributed by atoms with van der Waals surface area (Å²) in [6, 6.07) is 14.0. The number of hydrogen-bond acceptors (Lipinski definition) is 3. The van der Waals surface area contributed by atoms with E-state index in [4.69, 9.17) is 12.2 Å². The number of hydrogen-bond donors (Lipinski definition) is 0. The zero-order valence-electron chi connectivity index (χ0n) is 13.9. The van der Waals surface area contributed by atoms with Crippen molar-refractivity contribution in [2.24, 2.45) is 0 Å². The van der Waals surface area contributed by atoms with Crippen molar-refractivity contribution < 1.29 is 9.18 Å². The van der Waals surface area contributed by atoms with Gasteiger partial charge in [0, 0.05) is 0 Å². The Kier molecular flexibility index (Phi) is 5.66. The molecule has 0 aromatic heterocycles. The molecule has 0 radical (unpaired) electrons. The lowest BCUT2D eigenvalue weighted by atomic mass is 10.1. The van der Waals surface area contributed by atoms with E-state index in [9.17, 15) is 9.18 Å². The van der Waals surface area contributed by atoms with Crippen LogP contribution in [0.15, 0.2) is 53.4 Å². The molecule has 2 nitrogen and oxygen atoms in total. The predicted molar refractivity (Wildman–Crippen MR) is 107 cm³/mol. The van der Waals surface area contributed by atoms with Crippen molar-refractivity contribution in [1.82, 2.24) is 0 Å². The van der Waals surface area contributed by atoms with Gasteiger partial charge in [0.05, 0.1) is 10.6 Å². The van der Waals surface area contributed by atoms with Crippen LogP contribution in [0.2, 0.25) is 0 Å². The number of amides is 1. The second kappa shape index (κ2) is 7.93. The molecule has 0 saturated carbocycles. The van der Waals surface area contributed by atoms with Gasteiger partial charge in [-0.15, -0.1) is 0 Å².